The van der Waals surface area contributed by atoms with Crippen LogP contribution >= 0.6 is 0 Å². The van der Waals surface area contributed by atoms with Gasteiger partial charge in [-0.25, -0.2) is 0 Å². The summed E-state index contributed by atoms with van der Waals surface area (Å²) in [5.74, 6) is 0.266. The number of hydrogen-bond acceptors (Lipinski definition) is 2. The number of aromatic hydroxyl groups is 1. The number of rotatable bonds is 3. The Morgan fingerprint density at radius 3 is 2.74 bits per heavy atom. The van der Waals surface area contributed by atoms with Gasteiger partial charge >= 0.3 is 0 Å². The molecule has 94 valence electrons. The van der Waals surface area contributed by atoms with E-state index >= 15 is 0 Å². The average Bonchev–Trinajstić information content (AvgIpc) is 2.82. The number of phenols is 1. The molecule has 0 aliphatic carbocycles. The monoisotopic (exact) mass is 251 g/mol. The first-order valence-corrected chi connectivity index (χ1v) is 6.09. The molecule has 3 aromatic rings. The Balaban J connectivity index is 2.04. The first-order valence-electron chi connectivity index (χ1n) is 6.09. The van der Waals surface area contributed by atoms with Crippen molar-refractivity contribution >= 4 is 17.2 Å². The fourth-order valence-corrected chi connectivity index (χ4v) is 2.34. The molecule has 3 rings (SSSR count). The summed E-state index contributed by atoms with van der Waals surface area (Å²) < 4.78 is 2.07. The summed E-state index contributed by atoms with van der Waals surface area (Å²) in [4.78, 5) is 11.0. The summed E-state index contributed by atoms with van der Waals surface area (Å²) in [6.07, 6.45) is 2.84. The van der Waals surface area contributed by atoms with Gasteiger partial charge in [-0.2, -0.15) is 0 Å². The second-order valence-electron chi connectivity index (χ2n) is 4.51. The average molecular weight is 251 g/mol. The largest absolute Gasteiger partial charge is 0.508 e. The van der Waals surface area contributed by atoms with E-state index in [0.29, 0.717) is 12.1 Å². The molecule has 1 heterocycles. The lowest BCUT2D eigenvalue weighted by Crippen LogP contribution is -1.97. The van der Waals surface area contributed by atoms with Crippen molar-refractivity contribution < 1.29 is 9.90 Å². The van der Waals surface area contributed by atoms with E-state index in [0.717, 1.165) is 22.8 Å². The number of carbonyl (C=O) groups excluding carboxylic acids is 1. The zero-order valence-corrected chi connectivity index (χ0v) is 10.3. The van der Waals surface area contributed by atoms with Gasteiger partial charge in [0.25, 0.3) is 0 Å². The molecule has 0 unspecified atom stereocenters. The number of nitrogens with zero attached hydrogens (tertiary/aromatic N) is 1. The maximum absolute atomic E-state index is 11.0. The topological polar surface area (TPSA) is 42.2 Å². The number of phenolic OH excluding ortho intramolecular Hbond substituents is 1. The molecule has 0 saturated carbocycles. The first kappa shape index (κ1) is 11.5. The summed E-state index contributed by atoms with van der Waals surface area (Å²) in [5.41, 5.74) is 2.74. The van der Waals surface area contributed by atoms with Gasteiger partial charge in [0.15, 0.2) is 6.29 Å². The molecular formula is C16H13NO2. The minimum atomic E-state index is 0.266. The Morgan fingerprint density at radius 2 is 1.95 bits per heavy atom. The van der Waals surface area contributed by atoms with Gasteiger partial charge < -0.3 is 9.67 Å². The van der Waals surface area contributed by atoms with Gasteiger partial charge in [-0.1, -0.05) is 24.3 Å². The Morgan fingerprint density at radius 1 is 1.11 bits per heavy atom. The van der Waals surface area contributed by atoms with Crippen molar-refractivity contribution in [2.45, 2.75) is 6.54 Å². The fourth-order valence-electron chi connectivity index (χ4n) is 2.34. The third-order valence-electron chi connectivity index (χ3n) is 3.24. The molecule has 0 radical (unpaired) electrons. The maximum Gasteiger partial charge on any atom is 0.150 e. The minimum absolute atomic E-state index is 0.266. The standard InChI is InChI=1S/C16H13NO2/c18-11-13-4-2-6-16-15(13)7-8-17(16)10-12-3-1-5-14(19)9-12/h1-9,11,19H,10H2. The highest BCUT2D eigenvalue weighted by atomic mass is 16.3. The SMILES string of the molecule is O=Cc1cccc2c1ccn2Cc1cccc(O)c1. The van der Waals surface area contributed by atoms with Crippen LogP contribution < -0.4 is 0 Å². The summed E-state index contributed by atoms with van der Waals surface area (Å²) >= 11 is 0. The number of hydrogen-bond donors (Lipinski definition) is 1. The second kappa shape index (κ2) is 4.61. The third-order valence-corrected chi connectivity index (χ3v) is 3.24. The van der Waals surface area contributed by atoms with Crippen LogP contribution in [0.1, 0.15) is 15.9 Å². The van der Waals surface area contributed by atoms with Gasteiger partial charge in [-0.05, 0) is 29.8 Å². The van der Waals surface area contributed by atoms with E-state index in [1.54, 1.807) is 12.1 Å². The van der Waals surface area contributed by atoms with Crippen LogP contribution in [0.25, 0.3) is 10.9 Å². The molecule has 2 aromatic carbocycles. The quantitative estimate of drug-likeness (QED) is 0.726. The highest BCUT2D eigenvalue weighted by molar-refractivity contribution is 5.97. The van der Waals surface area contributed by atoms with E-state index in [4.69, 9.17) is 0 Å². The van der Waals surface area contributed by atoms with E-state index in [-0.39, 0.29) is 5.75 Å². The van der Waals surface area contributed by atoms with Crippen molar-refractivity contribution in [3.8, 4) is 5.75 Å². The number of fused-ring (bicyclic) bond motifs is 1. The molecule has 0 aliphatic heterocycles. The van der Waals surface area contributed by atoms with Crippen molar-refractivity contribution in [3.05, 3.63) is 65.9 Å². The third kappa shape index (κ3) is 2.10. The Kier molecular flexibility index (Phi) is 2.80. The number of benzene rings is 2. The van der Waals surface area contributed by atoms with Gasteiger partial charge in [-0.15, -0.1) is 0 Å². The van der Waals surface area contributed by atoms with Crippen LogP contribution in [0.5, 0.6) is 5.75 Å². The van der Waals surface area contributed by atoms with E-state index in [2.05, 4.69) is 4.57 Å². The molecule has 19 heavy (non-hydrogen) atoms. The van der Waals surface area contributed by atoms with Gasteiger partial charge in [0.05, 0.1) is 0 Å². The molecule has 1 aromatic heterocycles. The van der Waals surface area contributed by atoms with E-state index < -0.39 is 0 Å². The predicted molar refractivity (Wildman–Crippen MR) is 74.5 cm³/mol. The highest BCUT2D eigenvalue weighted by Gasteiger charge is 2.05. The predicted octanol–water partition coefficient (Wildman–Crippen LogP) is 3.21. The van der Waals surface area contributed by atoms with E-state index in [9.17, 15) is 9.90 Å². The molecular weight excluding hydrogens is 238 g/mol. The van der Waals surface area contributed by atoms with Crippen molar-refractivity contribution in [2.24, 2.45) is 0 Å². The summed E-state index contributed by atoms with van der Waals surface area (Å²) in [6, 6.07) is 14.8. The Labute approximate surface area is 110 Å². The molecule has 0 spiro atoms. The van der Waals surface area contributed by atoms with Crippen LogP contribution in [0.15, 0.2) is 54.7 Å². The highest BCUT2D eigenvalue weighted by Crippen LogP contribution is 2.21. The normalized spacial score (nSPS) is 10.7. The van der Waals surface area contributed by atoms with Crippen LogP contribution in [-0.4, -0.2) is 16.0 Å². The summed E-state index contributed by atoms with van der Waals surface area (Å²) in [6.45, 7) is 0.667. The van der Waals surface area contributed by atoms with Crippen molar-refractivity contribution in [1.29, 1.82) is 0 Å². The zero-order chi connectivity index (χ0) is 13.2. The number of carbonyl (C=O) groups is 1. The summed E-state index contributed by atoms with van der Waals surface area (Å²) in [7, 11) is 0. The Hall–Kier alpha value is -2.55. The molecule has 1 N–H and O–H groups in total. The van der Waals surface area contributed by atoms with Crippen LogP contribution in [0.4, 0.5) is 0 Å². The number of aldehydes is 1. The van der Waals surface area contributed by atoms with Crippen LogP contribution in [0, 0.1) is 0 Å². The second-order valence-corrected chi connectivity index (χ2v) is 4.51. The minimum Gasteiger partial charge on any atom is -0.508 e. The lowest BCUT2D eigenvalue weighted by molar-refractivity contribution is 0.112. The smallest absolute Gasteiger partial charge is 0.150 e. The molecule has 3 heteroatoms. The lowest BCUT2D eigenvalue weighted by atomic mass is 10.1. The maximum atomic E-state index is 11.0. The van der Waals surface area contributed by atoms with Gasteiger partial charge in [0, 0.05) is 29.2 Å². The van der Waals surface area contributed by atoms with Gasteiger partial charge in [-0.3, -0.25) is 4.79 Å². The molecule has 3 nitrogen and oxygen atoms in total. The van der Waals surface area contributed by atoms with Crippen molar-refractivity contribution in [2.75, 3.05) is 0 Å². The zero-order valence-electron chi connectivity index (χ0n) is 10.3. The van der Waals surface area contributed by atoms with E-state index in [1.165, 1.54) is 0 Å². The Bertz CT molecular complexity index is 743. The molecule has 0 bridgehead atoms. The van der Waals surface area contributed by atoms with Crippen LogP contribution in [0.3, 0.4) is 0 Å². The molecule has 0 fully saturated rings. The molecule has 0 atom stereocenters. The molecule has 0 aliphatic rings. The molecule has 0 saturated heterocycles. The van der Waals surface area contributed by atoms with Gasteiger partial charge in [0.2, 0.25) is 0 Å². The van der Waals surface area contributed by atoms with Crippen LogP contribution in [0.2, 0.25) is 0 Å². The molecule has 0 amide bonds. The van der Waals surface area contributed by atoms with Crippen molar-refractivity contribution in [3.63, 3.8) is 0 Å². The summed E-state index contributed by atoms with van der Waals surface area (Å²) in [5, 5.41) is 10.4. The lowest BCUT2D eigenvalue weighted by Gasteiger charge is -2.06. The van der Waals surface area contributed by atoms with Crippen molar-refractivity contribution in [1.82, 2.24) is 4.57 Å². The number of aromatic nitrogens is 1. The van der Waals surface area contributed by atoms with Gasteiger partial charge in [0.1, 0.15) is 5.75 Å². The van der Waals surface area contributed by atoms with Crippen LogP contribution in [-0.2, 0) is 6.54 Å². The first-order chi connectivity index (χ1) is 9.28. The van der Waals surface area contributed by atoms with E-state index in [1.807, 2.05) is 42.6 Å². The fraction of sp³-hybridized carbons (Fsp3) is 0.0625.